The van der Waals surface area contributed by atoms with Gasteiger partial charge in [-0.25, -0.2) is 0 Å². The molecule has 0 aliphatic heterocycles. The van der Waals surface area contributed by atoms with Crippen LogP contribution in [0.4, 0.5) is 0 Å². The lowest BCUT2D eigenvalue weighted by molar-refractivity contribution is -0.0226. The molecular formula is C16H33NO. The van der Waals surface area contributed by atoms with E-state index in [-0.39, 0.29) is 5.54 Å². The molecule has 18 heavy (non-hydrogen) atoms. The molecule has 0 spiro atoms. The van der Waals surface area contributed by atoms with Crippen molar-refractivity contribution in [2.45, 2.75) is 78.9 Å². The summed E-state index contributed by atoms with van der Waals surface area (Å²) in [4.78, 5) is 0. The highest BCUT2D eigenvalue weighted by Gasteiger charge is 2.32. The van der Waals surface area contributed by atoms with Gasteiger partial charge < -0.3 is 10.1 Å². The summed E-state index contributed by atoms with van der Waals surface area (Å²) in [6, 6.07) is 0. The van der Waals surface area contributed by atoms with E-state index in [9.17, 15) is 0 Å². The minimum Gasteiger partial charge on any atom is -0.377 e. The first-order valence-corrected chi connectivity index (χ1v) is 7.61. The molecular weight excluding hydrogens is 222 g/mol. The lowest BCUT2D eigenvalue weighted by atomic mass is 9.71. The van der Waals surface area contributed by atoms with Crippen molar-refractivity contribution in [3.8, 4) is 0 Å². The molecule has 0 heterocycles. The Morgan fingerprint density at radius 3 is 2.50 bits per heavy atom. The van der Waals surface area contributed by atoms with E-state index in [1.165, 1.54) is 19.3 Å². The van der Waals surface area contributed by atoms with Crippen LogP contribution in [0.15, 0.2) is 0 Å². The van der Waals surface area contributed by atoms with E-state index in [2.05, 4.69) is 46.9 Å². The normalized spacial score (nSPS) is 28.3. The van der Waals surface area contributed by atoms with E-state index in [1.807, 2.05) is 0 Å². The van der Waals surface area contributed by atoms with Crippen molar-refractivity contribution in [1.29, 1.82) is 0 Å². The largest absolute Gasteiger partial charge is 0.377 e. The first kappa shape index (κ1) is 16.0. The van der Waals surface area contributed by atoms with Crippen LogP contribution in [0.5, 0.6) is 0 Å². The fraction of sp³-hybridized carbons (Fsp3) is 1.00. The molecule has 1 rings (SSSR count). The van der Waals surface area contributed by atoms with Gasteiger partial charge in [0, 0.05) is 12.1 Å². The van der Waals surface area contributed by atoms with Crippen molar-refractivity contribution in [2.75, 3.05) is 13.2 Å². The van der Waals surface area contributed by atoms with Gasteiger partial charge >= 0.3 is 0 Å². The van der Waals surface area contributed by atoms with Crippen LogP contribution in [0, 0.1) is 11.3 Å². The Morgan fingerprint density at radius 1 is 1.28 bits per heavy atom. The molecule has 0 amide bonds. The van der Waals surface area contributed by atoms with Crippen molar-refractivity contribution < 1.29 is 4.74 Å². The molecule has 0 aromatic rings. The first-order chi connectivity index (χ1) is 8.24. The van der Waals surface area contributed by atoms with Gasteiger partial charge in [-0.1, -0.05) is 27.7 Å². The van der Waals surface area contributed by atoms with Crippen molar-refractivity contribution in [3.05, 3.63) is 0 Å². The van der Waals surface area contributed by atoms with Gasteiger partial charge in [0.15, 0.2) is 0 Å². The van der Waals surface area contributed by atoms with Crippen LogP contribution in [-0.4, -0.2) is 24.8 Å². The second-order valence-corrected chi connectivity index (χ2v) is 7.57. The van der Waals surface area contributed by atoms with E-state index < -0.39 is 0 Å². The SMILES string of the molecule is CCC(C)(C)NCCOC1CC(C)CC(C)(C)C1. The van der Waals surface area contributed by atoms with Crippen molar-refractivity contribution in [1.82, 2.24) is 5.32 Å². The Kier molecular flexibility index (Phi) is 5.67. The number of rotatable bonds is 6. The highest BCUT2D eigenvalue weighted by molar-refractivity contribution is 4.83. The van der Waals surface area contributed by atoms with Crippen molar-refractivity contribution in [2.24, 2.45) is 11.3 Å². The monoisotopic (exact) mass is 255 g/mol. The number of ether oxygens (including phenoxy) is 1. The van der Waals surface area contributed by atoms with Crippen LogP contribution in [0.2, 0.25) is 0 Å². The highest BCUT2D eigenvalue weighted by atomic mass is 16.5. The Hall–Kier alpha value is -0.0800. The molecule has 0 aromatic heterocycles. The summed E-state index contributed by atoms with van der Waals surface area (Å²) in [5.41, 5.74) is 0.695. The molecule has 1 aliphatic carbocycles. The highest BCUT2D eigenvalue weighted by Crippen LogP contribution is 2.39. The van der Waals surface area contributed by atoms with E-state index in [1.54, 1.807) is 0 Å². The lowest BCUT2D eigenvalue weighted by Crippen LogP contribution is -2.41. The van der Waals surface area contributed by atoms with Crippen LogP contribution in [0.1, 0.15) is 67.2 Å². The number of nitrogens with one attached hydrogen (secondary N) is 1. The van der Waals surface area contributed by atoms with E-state index in [0.717, 1.165) is 25.5 Å². The zero-order valence-corrected chi connectivity index (χ0v) is 13.3. The molecule has 0 bridgehead atoms. The number of hydrogen-bond acceptors (Lipinski definition) is 2. The molecule has 0 saturated heterocycles. The maximum Gasteiger partial charge on any atom is 0.0594 e. The van der Waals surface area contributed by atoms with Crippen molar-refractivity contribution in [3.63, 3.8) is 0 Å². The number of hydrogen-bond donors (Lipinski definition) is 1. The van der Waals surface area contributed by atoms with Gasteiger partial charge in [0.2, 0.25) is 0 Å². The summed E-state index contributed by atoms with van der Waals surface area (Å²) in [6.07, 6.45) is 5.42. The average Bonchev–Trinajstić information content (AvgIpc) is 2.22. The Balaban J connectivity index is 2.23. The van der Waals surface area contributed by atoms with E-state index in [0.29, 0.717) is 11.5 Å². The molecule has 0 radical (unpaired) electrons. The Morgan fingerprint density at radius 2 is 1.94 bits per heavy atom. The lowest BCUT2D eigenvalue weighted by Gasteiger charge is -2.39. The molecule has 1 aliphatic rings. The quantitative estimate of drug-likeness (QED) is 0.724. The Bertz CT molecular complexity index is 247. The van der Waals surface area contributed by atoms with Gasteiger partial charge in [0.25, 0.3) is 0 Å². The molecule has 2 heteroatoms. The second kappa shape index (κ2) is 6.38. The molecule has 2 nitrogen and oxygen atoms in total. The predicted molar refractivity (Wildman–Crippen MR) is 78.9 cm³/mol. The van der Waals surface area contributed by atoms with Crippen LogP contribution < -0.4 is 5.32 Å². The average molecular weight is 255 g/mol. The van der Waals surface area contributed by atoms with Crippen LogP contribution in [-0.2, 0) is 4.74 Å². The minimum atomic E-state index is 0.239. The second-order valence-electron chi connectivity index (χ2n) is 7.57. The topological polar surface area (TPSA) is 21.3 Å². The summed E-state index contributed by atoms with van der Waals surface area (Å²) in [7, 11) is 0. The zero-order chi connectivity index (χ0) is 13.8. The first-order valence-electron chi connectivity index (χ1n) is 7.61. The summed E-state index contributed by atoms with van der Waals surface area (Å²) in [6.45, 7) is 15.6. The third kappa shape index (κ3) is 5.71. The third-order valence-corrected chi connectivity index (χ3v) is 4.29. The van der Waals surface area contributed by atoms with Crippen molar-refractivity contribution >= 4 is 0 Å². The van der Waals surface area contributed by atoms with Gasteiger partial charge in [-0.05, 0) is 50.9 Å². The van der Waals surface area contributed by atoms with Crippen LogP contribution in [0.25, 0.3) is 0 Å². The fourth-order valence-corrected chi connectivity index (χ4v) is 3.13. The van der Waals surface area contributed by atoms with Crippen LogP contribution in [0.3, 0.4) is 0 Å². The predicted octanol–water partition coefficient (Wildman–Crippen LogP) is 4.00. The summed E-state index contributed by atoms with van der Waals surface area (Å²) in [5, 5.41) is 3.56. The minimum absolute atomic E-state index is 0.239. The van der Waals surface area contributed by atoms with E-state index in [4.69, 9.17) is 4.74 Å². The molecule has 2 unspecified atom stereocenters. The maximum atomic E-state index is 6.07. The van der Waals surface area contributed by atoms with Gasteiger partial charge in [0.1, 0.15) is 0 Å². The van der Waals surface area contributed by atoms with Gasteiger partial charge in [-0.2, -0.15) is 0 Å². The molecule has 1 fully saturated rings. The molecule has 0 aromatic carbocycles. The molecule has 2 atom stereocenters. The Labute approximate surface area is 114 Å². The summed E-state index contributed by atoms with van der Waals surface area (Å²) >= 11 is 0. The smallest absolute Gasteiger partial charge is 0.0594 e. The van der Waals surface area contributed by atoms with Crippen LogP contribution >= 0.6 is 0 Å². The van der Waals surface area contributed by atoms with Gasteiger partial charge in [-0.15, -0.1) is 0 Å². The van der Waals surface area contributed by atoms with Gasteiger partial charge in [0.05, 0.1) is 12.7 Å². The third-order valence-electron chi connectivity index (χ3n) is 4.29. The summed E-state index contributed by atoms with van der Waals surface area (Å²) in [5.74, 6) is 0.804. The fourth-order valence-electron chi connectivity index (χ4n) is 3.13. The zero-order valence-electron chi connectivity index (χ0n) is 13.3. The van der Waals surface area contributed by atoms with E-state index >= 15 is 0 Å². The molecule has 1 saturated carbocycles. The van der Waals surface area contributed by atoms with Gasteiger partial charge in [-0.3, -0.25) is 0 Å². The molecule has 1 N–H and O–H groups in total. The molecule has 108 valence electrons. The standard InChI is InChI=1S/C16H33NO/c1-7-16(5,6)17-8-9-18-14-10-13(2)11-15(3,4)12-14/h13-14,17H,7-12H2,1-6H3. The maximum absolute atomic E-state index is 6.07. The summed E-state index contributed by atoms with van der Waals surface area (Å²) < 4.78 is 6.07.